The quantitative estimate of drug-likeness (QED) is 0.357. The molecule has 0 rings (SSSR count). The molecule has 6 nitrogen and oxygen atoms in total. The van der Waals surface area contributed by atoms with Crippen molar-refractivity contribution in [1.82, 2.24) is 10.6 Å². The number of hydrogen-bond donors (Lipinski definition) is 2. The van der Waals surface area contributed by atoms with E-state index in [0.717, 1.165) is 19.3 Å². The molecule has 0 radical (unpaired) electrons. The summed E-state index contributed by atoms with van der Waals surface area (Å²) >= 11 is 0. The topological polar surface area (TPSA) is 76.7 Å². The maximum atomic E-state index is 11.5. The van der Waals surface area contributed by atoms with Crippen LogP contribution in [0, 0.1) is 0 Å². The van der Waals surface area contributed by atoms with Crippen molar-refractivity contribution in [2.45, 2.75) is 72.0 Å². The number of nitrogens with one attached hydrogen (secondary N) is 2. The van der Waals surface area contributed by atoms with Crippen LogP contribution in [0.2, 0.25) is 0 Å². The first-order chi connectivity index (χ1) is 12.4. The highest BCUT2D eigenvalue weighted by molar-refractivity contribution is 5.92. The number of ether oxygens (including phenoxy) is 2. The minimum Gasteiger partial charge on any atom is -0.373 e. The van der Waals surface area contributed by atoms with Crippen molar-refractivity contribution in [3.05, 3.63) is 24.3 Å². The zero-order valence-corrected chi connectivity index (χ0v) is 18.0. The Bertz CT molecular complexity index is 524. The van der Waals surface area contributed by atoms with Gasteiger partial charge in [0.2, 0.25) is 11.8 Å². The van der Waals surface area contributed by atoms with Gasteiger partial charge in [0.05, 0.1) is 17.8 Å². The zero-order chi connectivity index (χ0) is 21.1. The summed E-state index contributed by atoms with van der Waals surface area (Å²) in [7, 11) is 0. The van der Waals surface area contributed by atoms with Crippen molar-refractivity contribution in [1.29, 1.82) is 0 Å². The van der Waals surface area contributed by atoms with Gasteiger partial charge in [0.15, 0.2) is 0 Å². The number of carbonyl (C=O) groups is 2. The Labute approximate surface area is 164 Å². The van der Waals surface area contributed by atoms with Crippen LogP contribution in [-0.2, 0) is 19.1 Å². The summed E-state index contributed by atoms with van der Waals surface area (Å²) in [6, 6.07) is 0. The van der Waals surface area contributed by atoms with E-state index in [-0.39, 0.29) is 17.4 Å². The van der Waals surface area contributed by atoms with Gasteiger partial charge in [-0.2, -0.15) is 0 Å². The molecule has 0 atom stereocenters. The lowest BCUT2D eigenvalue weighted by Crippen LogP contribution is -2.37. The average molecular weight is 383 g/mol. The molecule has 2 amide bonds. The molecule has 0 aliphatic rings. The van der Waals surface area contributed by atoms with Gasteiger partial charge in [-0.25, -0.2) is 0 Å². The van der Waals surface area contributed by atoms with E-state index in [0.29, 0.717) is 37.4 Å². The third-order valence-electron chi connectivity index (χ3n) is 3.93. The lowest BCUT2D eigenvalue weighted by atomic mass is 10.0. The Kier molecular flexibility index (Phi) is 11.2. The van der Waals surface area contributed by atoms with Gasteiger partial charge >= 0.3 is 0 Å². The normalized spacial score (nSPS) is 11.8. The molecule has 27 heavy (non-hydrogen) atoms. The van der Waals surface area contributed by atoms with Crippen LogP contribution < -0.4 is 10.6 Å². The Balaban J connectivity index is 4.01. The van der Waals surface area contributed by atoms with Crippen molar-refractivity contribution in [2.75, 3.05) is 26.3 Å². The van der Waals surface area contributed by atoms with Crippen molar-refractivity contribution in [3.8, 4) is 0 Å². The number of rotatable bonds is 14. The summed E-state index contributed by atoms with van der Waals surface area (Å²) in [5.74, 6) is -0.235. The summed E-state index contributed by atoms with van der Waals surface area (Å²) in [6.07, 6.45) is 2.39. The molecule has 0 heterocycles. The Morgan fingerprint density at radius 1 is 0.815 bits per heavy atom. The predicted molar refractivity (Wildman–Crippen MR) is 110 cm³/mol. The van der Waals surface area contributed by atoms with E-state index in [4.69, 9.17) is 9.47 Å². The van der Waals surface area contributed by atoms with E-state index in [1.807, 2.05) is 27.7 Å². The maximum Gasteiger partial charge on any atom is 0.246 e. The van der Waals surface area contributed by atoms with E-state index in [1.54, 1.807) is 13.8 Å². The summed E-state index contributed by atoms with van der Waals surface area (Å²) < 4.78 is 11.9. The Morgan fingerprint density at radius 3 is 1.78 bits per heavy atom. The fourth-order valence-corrected chi connectivity index (χ4v) is 2.12. The molecule has 0 aromatic carbocycles. The maximum absolute atomic E-state index is 11.5. The molecule has 156 valence electrons. The second kappa shape index (κ2) is 11.9. The molecule has 0 saturated carbocycles. The molecule has 0 aromatic rings. The molecule has 0 aliphatic heterocycles. The van der Waals surface area contributed by atoms with Crippen LogP contribution in [0.5, 0.6) is 0 Å². The molecular formula is C21H38N2O4. The van der Waals surface area contributed by atoms with Crippen LogP contribution in [-0.4, -0.2) is 49.3 Å². The summed E-state index contributed by atoms with van der Waals surface area (Å²) in [6.45, 7) is 20.8. The first-order valence-electron chi connectivity index (χ1n) is 9.52. The van der Waals surface area contributed by atoms with Gasteiger partial charge in [-0.05, 0) is 60.8 Å². The van der Waals surface area contributed by atoms with Gasteiger partial charge in [-0.1, -0.05) is 13.2 Å². The van der Waals surface area contributed by atoms with Crippen molar-refractivity contribution in [3.63, 3.8) is 0 Å². The minimum atomic E-state index is -0.413. The standard InChI is InChI=1S/C21H38N2O4/c1-16(2)18(24)22-12-9-11-20(5,6)27-15-21(7,8)26-14-10-13-23-19(25)17(3)4/h1,3,9-15H2,2,4-8H3,(H,22,24)(H,23,25). The van der Waals surface area contributed by atoms with E-state index < -0.39 is 5.60 Å². The predicted octanol–water partition coefficient (Wildman–Crippen LogP) is 3.13. The molecular weight excluding hydrogens is 344 g/mol. The first kappa shape index (κ1) is 25.3. The highest BCUT2D eigenvalue weighted by Gasteiger charge is 2.25. The van der Waals surface area contributed by atoms with E-state index in [2.05, 4.69) is 23.8 Å². The third-order valence-corrected chi connectivity index (χ3v) is 3.93. The summed E-state index contributed by atoms with van der Waals surface area (Å²) in [5.41, 5.74) is 0.308. The van der Waals surface area contributed by atoms with Crippen LogP contribution in [0.25, 0.3) is 0 Å². The third kappa shape index (κ3) is 13.2. The van der Waals surface area contributed by atoms with Crippen LogP contribution in [0.1, 0.15) is 60.8 Å². The number of carbonyl (C=O) groups excluding carboxylic acids is 2. The van der Waals surface area contributed by atoms with Crippen molar-refractivity contribution in [2.24, 2.45) is 0 Å². The molecule has 0 fully saturated rings. The van der Waals surface area contributed by atoms with Crippen LogP contribution in [0.15, 0.2) is 24.3 Å². The second-order valence-electron chi connectivity index (χ2n) is 8.19. The smallest absolute Gasteiger partial charge is 0.246 e. The largest absolute Gasteiger partial charge is 0.373 e. The molecule has 0 spiro atoms. The van der Waals surface area contributed by atoms with Gasteiger partial charge in [-0.15, -0.1) is 0 Å². The fourth-order valence-electron chi connectivity index (χ4n) is 2.12. The molecule has 0 bridgehead atoms. The minimum absolute atomic E-state index is 0.109. The molecule has 0 aliphatic carbocycles. The number of hydrogen-bond acceptors (Lipinski definition) is 4. The highest BCUT2D eigenvalue weighted by atomic mass is 16.6. The first-order valence-corrected chi connectivity index (χ1v) is 9.52. The van der Waals surface area contributed by atoms with Crippen molar-refractivity contribution >= 4 is 11.8 Å². The Hall–Kier alpha value is -1.66. The summed E-state index contributed by atoms with van der Waals surface area (Å²) in [4.78, 5) is 22.9. The van der Waals surface area contributed by atoms with Crippen LogP contribution in [0.4, 0.5) is 0 Å². The van der Waals surface area contributed by atoms with Crippen LogP contribution in [0.3, 0.4) is 0 Å². The van der Waals surface area contributed by atoms with Gasteiger partial charge in [-0.3, -0.25) is 9.59 Å². The van der Waals surface area contributed by atoms with E-state index in [1.165, 1.54) is 0 Å². The lowest BCUT2D eigenvalue weighted by Gasteiger charge is -2.32. The van der Waals surface area contributed by atoms with Gasteiger partial charge in [0.1, 0.15) is 0 Å². The van der Waals surface area contributed by atoms with Crippen molar-refractivity contribution < 1.29 is 19.1 Å². The zero-order valence-electron chi connectivity index (χ0n) is 18.0. The molecule has 0 aromatic heterocycles. The fraction of sp³-hybridized carbons (Fsp3) is 0.714. The molecule has 0 saturated heterocycles. The second-order valence-corrected chi connectivity index (χ2v) is 8.19. The van der Waals surface area contributed by atoms with Gasteiger partial charge < -0.3 is 20.1 Å². The van der Waals surface area contributed by atoms with Crippen LogP contribution >= 0.6 is 0 Å². The average Bonchev–Trinajstić information content (AvgIpc) is 2.56. The lowest BCUT2D eigenvalue weighted by molar-refractivity contribution is -0.123. The van der Waals surface area contributed by atoms with Gasteiger partial charge in [0, 0.05) is 30.8 Å². The molecule has 0 unspecified atom stereocenters. The monoisotopic (exact) mass is 382 g/mol. The van der Waals surface area contributed by atoms with E-state index in [9.17, 15) is 9.59 Å². The Morgan fingerprint density at radius 2 is 1.30 bits per heavy atom. The molecule has 6 heteroatoms. The number of amides is 2. The SMILES string of the molecule is C=C(C)C(=O)NCCCOC(C)(C)COC(C)(C)CCCNC(=O)C(=C)C. The van der Waals surface area contributed by atoms with E-state index >= 15 is 0 Å². The highest BCUT2D eigenvalue weighted by Crippen LogP contribution is 2.20. The summed E-state index contributed by atoms with van der Waals surface area (Å²) in [5, 5.41) is 5.61. The van der Waals surface area contributed by atoms with Gasteiger partial charge in [0.25, 0.3) is 0 Å². The molecule has 2 N–H and O–H groups in total.